The summed E-state index contributed by atoms with van der Waals surface area (Å²) in [6, 6.07) is 0. The van der Waals surface area contributed by atoms with Gasteiger partial charge >= 0.3 is 0 Å². The first kappa shape index (κ1) is 12.4. The van der Waals surface area contributed by atoms with Crippen LogP contribution in [0.5, 0.6) is 0 Å². The number of nitrogens with one attached hydrogen (secondary N) is 1. The molecule has 3 unspecified atom stereocenters. The van der Waals surface area contributed by atoms with Crippen molar-refractivity contribution in [2.24, 2.45) is 17.3 Å². The third-order valence-corrected chi connectivity index (χ3v) is 4.54. The topological polar surface area (TPSA) is 15.3 Å². The van der Waals surface area contributed by atoms with Crippen LogP contribution in [0.2, 0.25) is 0 Å². The first-order chi connectivity index (χ1) is 7.65. The van der Waals surface area contributed by atoms with Crippen molar-refractivity contribution in [3.63, 3.8) is 0 Å². The molecule has 2 fully saturated rings. The van der Waals surface area contributed by atoms with Gasteiger partial charge in [-0.25, -0.2) is 0 Å². The molecule has 3 atom stereocenters. The van der Waals surface area contributed by atoms with Crippen LogP contribution in [0.4, 0.5) is 0 Å². The number of nitrogens with zero attached hydrogens (tertiary/aromatic N) is 1. The second-order valence-electron chi connectivity index (χ2n) is 6.35. The Morgan fingerprint density at radius 2 is 2.19 bits per heavy atom. The lowest BCUT2D eigenvalue weighted by Crippen LogP contribution is -2.38. The molecular weight excluding hydrogens is 196 g/mol. The largest absolute Gasteiger partial charge is 0.316 e. The van der Waals surface area contributed by atoms with Crippen molar-refractivity contribution in [2.45, 2.75) is 39.5 Å². The highest BCUT2D eigenvalue weighted by molar-refractivity contribution is 4.91. The molecule has 0 spiro atoms. The van der Waals surface area contributed by atoms with Crippen molar-refractivity contribution >= 4 is 0 Å². The Bertz CT molecular complexity index is 221. The SMILES string of the molecule is CCCC1(CN(C)CC2CC2C)CCNC1. The van der Waals surface area contributed by atoms with E-state index < -0.39 is 0 Å². The van der Waals surface area contributed by atoms with Gasteiger partial charge < -0.3 is 10.2 Å². The fourth-order valence-corrected chi connectivity index (χ4v) is 3.44. The Balaban J connectivity index is 1.80. The maximum Gasteiger partial charge on any atom is 0.00477 e. The van der Waals surface area contributed by atoms with E-state index in [-0.39, 0.29) is 0 Å². The number of rotatable bonds is 6. The Kier molecular flexibility index (Phi) is 3.91. The van der Waals surface area contributed by atoms with E-state index >= 15 is 0 Å². The van der Waals surface area contributed by atoms with E-state index in [1.165, 1.54) is 51.9 Å². The van der Waals surface area contributed by atoms with Crippen molar-refractivity contribution in [1.29, 1.82) is 0 Å². The maximum absolute atomic E-state index is 3.55. The molecule has 2 heteroatoms. The summed E-state index contributed by atoms with van der Waals surface area (Å²) in [6.45, 7) is 9.81. The molecule has 0 aromatic carbocycles. The lowest BCUT2D eigenvalue weighted by Gasteiger charge is -2.33. The molecule has 16 heavy (non-hydrogen) atoms. The van der Waals surface area contributed by atoms with Crippen molar-refractivity contribution < 1.29 is 0 Å². The highest BCUT2D eigenvalue weighted by Gasteiger charge is 2.37. The lowest BCUT2D eigenvalue weighted by molar-refractivity contribution is 0.171. The molecule has 1 aliphatic heterocycles. The van der Waals surface area contributed by atoms with Crippen molar-refractivity contribution in [3.05, 3.63) is 0 Å². The zero-order valence-electron chi connectivity index (χ0n) is 11.3. The summed E-state index contributed by atoms with van der Waals surface area (Å²) in [5, 5.41) is 3.55. The minimum Gasteiger partial charge on any atom is -0.316 e. The summed E-state index contributed by atoms with van der Waals surface area (Å²) in [5.74, 6) is 1.99. The molecule has 2 rings (SSSR count). The zero-order chi connectivity index (χ0) is 11.6. The normalized spacial score (nSPS) is 38.2. The molecule has 94 valence electrons. The Labute approximate surface area is 101 Å². The van der Waals surface area contributed by atoms with Gasteiger partial charge in [-0.15, -0.1) is 0 Å². The van der Waals surface area contributed by atoms with Crippen LogP contribution < -0.4 is 5.32 Å². The van der Waals surface area contributed by atoms with Crippen LogP contribution in [0.1, 0.15) is 39.5 Å². The molecule has 1 aliphatic carbocycles. The van der Waals surface area contributed by atoms with Gasteiger partial charge in [0.15, 0.2) is 0 Å². The average Bonchev–Trinajstić information content (AvgIpc) is 2.74. The molecule has 0 aromatic rings. The first-order valence-electron chi connectivity index (χ1n) is 7.04. The number of hydrogen-bond donors (Lipinski definition) is 1. The highest BCUT2D eigenvalue weighted by atomic mass is 15.1. The van der Waals surface area contributed by atoms with Crippen LogP contribution in [-0.4, -0.2) is 38.1 Å². The van der Waals surface area contributed by atoms with Crippen molar-refractivity contribution in [2.75, 3.05) is 33.2 Å². The van der Waals surface area contributed by atoms with E-state index in [1.54, 1.807) is 0 Å². The van der Waals surface area contributed by atoms with E-state index in [4.69, 9.17) is 0 Å². The molecule has 0 aromatic heterocycles. The molecule has 1 N–H and O–H groups in total. The van der Waals surface area contributed by atoms with E-state index in [0.717, 1.165) is 11.8 Å². The third kappa shape index (κ3) is 2.98. The monoisotopic (exact) mass is 224 g/mol. The Morgan fingerprint density at radius 1 is 1.44 bits per heavy atom. The van der Waals surface area contributed by atoms with Gasteiger partial charge in [-0.05, 0) is 50.1 Å². The Morgan fingerprint density at radius 3 is 2.69 bits per heavy atom. The van der Waals surface area contributed by atoms with Gasteiger partial charge in [0.05, 0.1) is 0 Å². The molecular formula is C14H28N2. The van der Waals surface area contributed by atoms with Crippen molar-refractivity contribution in [1.82, 2.24) is 10.2 Å². The van der Waals surface area contributed by atoms with Crippen LogP contribution in [0.3, 0.4) is 0 Å². The molecule has 0 bridgehead atoms. The van der Waals surface area contributed by atoms with Gasteiger partial charge in [0, 0.05) is 19.6 Å². The van der Waals surface area contributed by atoms with Gasteiger partial charge in [0.25, 0.3) is 0 Å². The number of hydrogen-bond acceptors (Lipinski definition) is 2. The van der Waals surface area contributed by atoms with E-state index in [2.05, 4.69) is 31.1 Å². The lowest BCUT2D eigenvalue weighted by atomic mass is 9.82. The van der Waals surface area contributed by atoms with Crippen LogP contribution in [0.25, 0.3) is 0 Å². The molecule has 1 heterocycles. The maximum atomic E-state index is 3.55. The van der Waals surface area contributed by atoms with Crippen LogP contribution in [-0.2, 0) is 0 Å². The molecule has 1 saturated carbocycles. The van der Waals surface area contributed by atoms with E-state index in [0.29, 0.717) is 5.41 Å². The van der Waals surface area contributed by atoms with Gasteiger partial charge in [-0.2, -0.15) is 0 Å². The second-order valence-corrected chi connectivity index (χ2v) is 6.35. The highest BCUT2D eigenvalue weighted by Crippen LogP contribution is 2.39. The van der Waals surface area contributed by atoms with Crippen LogP contribution in [0, 0.1) is 17.3 Å². The van der Waals surface area contributed by atoms with Gasteiger partial charge in [-0.1, -0.05) is 20.3 Å². The smallest absolute Gasteiger partial charge is 0.00477 e. The minimum absolute atomic E-state index is 0.585. The fourth-order valence-electron chi connectivity index (χ4n) is 3.44. The summed E-state index contributed by atoms with van der Waals surface area (Å²) in [7, 11) is 2.32. The van der Waals surface area contributed by atoms with Gasteiger partial charge in [0.2, 0.25) is 0 Å². The zero-order valence-corrected chi connectivity index (χ0v) is 11.3. The Hall–Kier alpha value is -0.0800. The standard InChI is InChI=1S/C14H28N2/c1-4-5-14(6-7-15-10-14)11-16(3)9-13-8-12(13)2/h12-13,15H,4-11H2,1-3H3. The molecule has 2 nitrogen and oxygen atoms in total. The van der Waals surface area contributed by atoms with Crippen LogP contribution in [0.15, 0.2) is 0 Å². The van der Waals surface area contributed by atoms with Gasteiger partial charge in [-0.3, -0.25) is 0 Å². The summed E-state index contributed by atoms with van der Waals surface area (Å²) in [4.78, 5) is 2.59. The molecule has 0 radical (unpaired) electrons. The third-order valence-electron chi connectivity index (χ3n) is 4.54. The fraction of sp³-hybridized carbons (Fsp3) is 1.00. The minimum atomic E-state index is 0.585. The van der Waals surface area contributed by atoms with E-state index in [1.807, 2.05) is 0 Å². The summed E-state index contributed by atoms with van der Waals surface area (Å²) >= 11 is 0. The van der Waals surface area contributed by atoms with Crippen molar-refractivity contribution in [3.8, 4) is 0 Å². The van der Waals surface area contributed by atoms with Gasteiger partial charge in [0.1, 0.15) is 0 Å². The first-order valence-corrected chi connectivity index (χ1v) is 7.04. The summed E-state index contributed by atoms with van der Waals surface area (Å²) in [5.41, 5.74) is 0.585. The second kappa shape index (κ2) is 5.05. The predicted molar refractivity (Wildman–Crippen MR) is 69.6 cm³/mol. The molecule has 2 aliphatic rings. The summed E-state index contributed by atoms with van der Waals surface area (Å²) in [6.07, 6.45) is 5.56. The molecule has 0 amide bonds. The van der Waals surface area contributed by atoms with Crippen LogP contribution >= 0.6 is 0 Å². The summed E-state index contributed by atoms with van der Waals surface area (Å²) < 4.78 is 0. The molecule has 1 saturated heterocycles. The predicted octanol–water partition coefficient (Wildman–Crippen LogP) is 2.35. The average molecular weight is 224 g/mol. The van der Waals surface area contributed by atoms with E-state index in [9.17, 15) is 0 Å². The quantitative estimate of drug-likeness (QED) is 0.745.